The zero-order valence-electron chi connectivity index (χ0n) is 9.76. The quantitative estimate of drug-likeness (QED) is 0.775. The van der Waals surface area contributed by atoms with Crippen molar-refractivity contribution in [3.63, 3.8) is 0 Å². The van der Waals surface area contributed by atoms with Gasteiger partial charge in [-0.2, -0.15) is 5.10 Å². The third-order valence-corrected chi connectivity index (χ3v) is 3.92. The van der Waals surface area contributed by atoms with Gasteiger partial charge in [0.25, 0.3) is 0 Å². The molecule has 0 spiro atoms. The van der Waals surface area contributed by atoms with Gasteiger partial charge in [0.1, 0.15) is 0 Å². The van der Waals surface area contributed by atoms with Crippen molar-refractivity contribution in [3.05, 3.63) is 30.1 Å². The Kier molecular flexibility index (Phi) is 2.56. The first-order valence-corrected chi connectivity index (χ1v) is 6.21. The van der Waals surface area contributed by atoms with E-state index in [-0.39, 0.29) is 0 Å². The Balaban J connectivity index is 1.42. The average molecular weight is 217 g/mol. The van der Waals surface area contributed by atoms with Gasteiger partial charge in [-0.25, -0.2) is 0 Å². The molecule has 2 aliphatic carbocycles. The smallest absolute Gasteiger partial charge is 0.0637 e. The monoisotopic (exact) mass is 217 g/mol. The lowest BCUT2D eigenvalue weighted by Gasteiger charge is -2.40. The highest BCUT2D eigenvalue weighted by Gasteiger charge is 2.40. The van der Waals surface area contributed by atoms with E-state index in [2.05, 4.69) is 28.6 Å². The molecule has 2 aliphatic rings. The molecule has 3 nitrogen and oxygen atoms in total. The van der Waals surface area contributed by atoms with E-state index in [1.165, 1.54) is 18.5 Å². The fraction of sp³-hybridized carbons (Fsp3) is 0.615. The molecule has 1 saturated carbocycles. The highest BCUT2D eigenvalue weighted by atomic mass is 15.2. The Morgan fingerprint density at radius 1 is 1.56 bits per heavy atom. The van der Waals surface area contributed by atoms with Crippen LogP contribution in [0, 0.1) is 11.8 Å². The van der Waals surface area contributed by atoms with Gasteiger partial charge >= 0.3 is 0 Å². The summed E-state index contributed by atoms with van der Waals surface area (Å²) in [6, 6.07) is 2.83. The van der Waals surface area contributed by atoms with Crippen molar-refractivity contribution < 1.29 is 0 Å². The number of nitrogens with zero attached hydrogens (tertiary/aromatic N) is 2. The first kappa shape index (κ1) is 10.1. The van der Waals surface area contributed by atoms with Gasteiger partial charge in [0, 0.05) is 32.3 Å². The molecule has 3 rings (SSSR count). The Hall–Kier alpha value is -1.09. The maximum absolute atomic E-state index is 4.38. The summed E-state index contributed by atoms with van der Waals surface area (Å²) in [5.74, 6) is 1.77. The molecule has 1 aromatic heterocycles. The first-order chi connectivity index (χ1) is 7.83. The third-order valence-electron chi connectivity index (χ3n) is 3.92. The molecule has 1 heterocycles. The summed E-state index contributed by atoms with van der Waals surface area (Å²) in [4.78, 5) is 0. The Morgan fingerprint density at radius 2 is 2.50 bits per heavy atom. The normalized spacial score (nSPS) is 31.4. The van der Waals surface area contributed by atoms with Crippen molar-refractivity contribution in [1.29, 1.82) is 0 Å². The summed E-state index contributed by atoms with van der Waals surface area (Å²) in [7, 11) is 1.97. The van der Waals surface area contributed by atoms with Crippen LogP contribution in [0.25, 0.3) is 0 Å². The number of aryl methyl sites for hydroxylation is 1. The minimum Gasteiger partial charge on any atom is -0.313 e. The number of fused-ring (bicyclic) bond motifs is 1. The minimum absolute atomic E-state index is 0.729. The minimum atomic E-state index is 0.729. The first-order valence-electron chi connectivity index (χ1n) is 6.21. The van der Waals surface area contributed by atoms with Crippen LogP contribution in [0.4, 0.5) is 0 Å². The Bertz CT molecular complexity index is 394. The second kappa shape index (κ2) is 4.06. The van der Waals surface area contributed by atoms with E-state index < -0.39 is 0 Å². The van der Waals surface area contributed by atoms with Gasteiger partial charge in [0.2, 0.25) is 0 Å². The van der Waals surface area contributed by atoms with Crippen molar-refractivity contribution in [3.8, 4) is 0 Å². The summed E-state index contributed by atoms with van der Waals surface area (Å²) in [5.41, 5.74) is 1.19. The number of allylic oxidation sites excluding steroid dienone is 1. The average Bonchev–Trinajstić information content (AvgIpc) is 2.80. The molecule has 0 radical (unpaired) electrons. The molecule has 16 heavy (non-hydrogen) atoms. The van der Waals surface area contributed by atoms with Crippen LogP contribution >= 0.6 is 0 Å². The zero-order valence-corrected chi connectivity index (χ0v) is 9.76. The van der Waals surface area contributed by atoms with Gasteiger partial charge in [-0.15, -0.1) is 0 Å². The van der Waals surface area contributed by atoms with Gasteiger partial charge in [0.05, 0.1) is 5.69 Å². The predicted octanol–water partition coefficient (Wildman–Crippen LogP) is 1.52. The summed E-state index contributed by atoms with van der Waals surface area (Å²) in [5, 5.41) is 8.03. The topological polar surface area (TPSA) is 29.9 Å². The largest absolute Gasteiger partial charge is 0.313 e. The van der Waals surface area contributed by atoms with Crippen molar-refractivity contribution in [2.75, 3.05) is 6.54 Å². The molecule has 0 bridgehead atoms. The lowest BCUT2D eigenvalue weighted by atomic mass is 9.71. The predicted molar refractivity (Wildman–Crippen MR) is 64.1 cm³/mol. The molecule has 0 aliphatic heterocycles. The zero-order chi connectivity index (χ0) is 11.0. The van der Waals surface area contributed by atoms with E-state index in [9.17, 15) is 0 Å². The molecule has 1 aromatic rings. The van der Waals surface area contributed by atoms with Crippen molar-refractivity contribution in [2.24, 2.45) is 18.9 Å². The number of aromatic nitrogens is 2. The maximum atomic E-state index is 4.38. The van der Waals surface area contributed by atoms with Crippen LogP contribution in [-0.2, 0) is 13.5 Å². The molecule has 1 fully saturated rings. The molecule has 3 heteroatoms. The molecule has 0 saturated heterocycles. The lowest BCUT2D eigenvalue weighted by Crippen LogP contribution is -2.48. The standard InChI is InChI=1S/C13H19N3/c1-16-8-6-11(15-16)5-7-14-13-9-10-3-2-4-12(10)13/h2,4,6,8,10,12-14H,3,5,7,9H2,1H3. The van der Waals surface area contributed by atoms with Crippen molar-refractivity contribution >= 4 is 0 Å². The molecule has 0 aromatic carbocycles. The van der Waals surface area contributed by atoms with Crippen LogP contribution in [0.2, 0.25) is 0 Å². The Morgan fingerprint density at radius 3 is 3.25 bits per heavy atom. The van der Waals surface area contributed by atoms with Gasteiger partial charge in [-0.05, 0) is 30.7 Å². The number of hydrogen-bond donors (Lipinski definition) is 1. The van der Waals surface area contributed by atoms with Gasteiger partial charge in [0.15, 0.2) is 0 Å². The lowest BCUT2D eigenvalue weighted by molar-refractivity contribution is 0.164. The van der Waals surface area contributed by atoms with Gasteiger partial charge in [-0.1, -0.05) is 12.2 Å². The summed E-state index contributed by atoms with van der Waals surface area (Å²) in [6.07, 6.45) is 10.5. The van der Waals surface area contributed by atoms with E-state index in [4.69, 9.17) is 0 Å². The Labute approximate surface area is 96.5 Å². The van der Waals surface area contributed by atoms with E-state index in [0.717, 1.165) is 30.8 Å². The van der Waals surface area contributed by atoms with E-state index in [1.807, 2.05) is 17.9 Å². The fourth-order valence-electron chi connectivity index (χ4n) is 2.93. The van der Waals surface area contributed by atoms with E-state index in [0.29, 0.717) is 0 Å². The van der Waals surface area contributed by atoms with E-state index in [1.54, 1.807) is 0 Å². The van der Waals surface area contributed by atoms with Crippen LogP contribution in [-0.4, -0.2) is 22.4 Å². The highest BCUT2D eigenvalue weighted by molar-refractivity contribution is 5.13. The van der Waals surface area contributed by atoms with Crippen LogP contribution < -0.4 is 5.32 Å². The SMILES string of the molecule is Cn1ccc(CCNC2CC3CC=CC32)n1. The molecule has 86 valence electrons. The molecule has 3 atom stereocenters. The van der Waals surface area contributed by atoms with Gasteiger partial charge in [-0.3, -0.25) is 4.68 Å². The van der Waals surface area contributed by atoms with Crippen LogP contribution in [0.1, 0.15) is 18.5 Å². The molecule has 3 unspecified atom stereocenters. The summed E-state index contributed by atoms with van der Waals surface area (Å²) >= 11 is 0. The van der Waals surface area contributed by atoms with Crippen molar-refractivity contribution in [1.82, 2.24) is 15.1 Å². The third kappa shape index (κ3) is 1.80. The maximum Gasteiger partial charge on any atom is 0.0637 e. The summed E-state index contributed by atoms with van der Waals surface area (Å²) in [6.45, 7) is 1.05. The molecular weight excluding hydrogens is 198 g/mol. The van der Waals surface area contributed by atoms with Crippen molar-refractivity contribution in [2.45, 2.75) is 25.3 Å². The van der Waals surface area contributed by atoms with Crippen LogP contribution in [0.15, 0.2) is 24.4 Å². The van der Waals surface area contributed by atoms with Gasteiger partial charge < -0.3 is 5.32 Å². The van der Waals surface area contributed by atoms with Crippen LogP contribution in [0.5, 0.6) is 0 Å². The second-order valence-corrected chi connectivity index (χ2v) is 5.03. The number of hydrogen-bond acceptors (Lipinski definition) is 2. The highest BCUT2D eigenvalue weighted by Crippen LogP contribution is 2.42. The molecule has 1 N–H and O–H groups in total. The summed E-state index contributed by atoms with van der Waals surface area (Å²) < 4.78 is 1.87. The van der Waals surface area contributed by atoms with Crippen LogP contribution in [0.3, 0.4) is 0 Å². The fourth-order valence-corrected chi connectivity index (χ4v) is 2.93. The number of rotatable bonds is 4. The second-order valence-electron chi connectivity index (χ2n) is 5.03. The molecule has 0 amide bonds. The molecular formula is C13H19N3. The number of nitrogens with one attached hydrogen (secondary N) is 1. The van der Waals surface area contributed by atoms with E-state index >= 15 is 0 Å².